The van der Waals surface area contributed by atoms with E-state index in [4.69, 9.17) is 28.9 Å². The molecule has 7 heteroatoms. The molecular formula is C12H18Cl2N2O2S. The smallest absolute Gasteiger partial charge is 0.242 e. The first-order valence-corrected chi connectivity index (χ1v) is 8.09. The van der Waals surface area contributed by atoms with Crippen LogP contribution < -0.4 is 10.5 Å². The fraction of sp³-hybridized carbons (Fsp3) is 0.500. The van der Waals surface area contributed by atoms with Crippen LogP contribution >= 0.6 is 23.2 Å². The zero-order valence-electron chi connectivity index (χ0n) is 11.1. The normalized spacial score (nSPS) is 12.7. The molecule has 0 aliphatic heterocycles. The summed E-state index contributed by atoms with van der Waals surface area (Å²) < 4.78 is 27.3. The fourth-order valence-corrected chi connectivity index (χ4v) is 3.78. The summed E-state index contributed by atoms with van der Waals surface area (Å²) in [6.45, 7) is 5.66. The van der Waals surface area contributed by atoms with Gasteiger partial charge < -0.3 is 5.73 Å². The van der Waals surface area contributed by atoms with E-state index in [1.165, 1.54) is 12.1 Å². The van der Waals surface area contributed by atoms with E-state index in [1.807, 2.05) is 6.92 Å². The van der Waals surface area contributed by atoms with Crippen LogP contribution in [0.15, 0.2) is 17.0 Å². The Morgan fingerprint density at radius 2 is 1.84 bits per heavy atom. The summed E-state index contributed by atoms with van der Waals surface area (Å²) in [7, 11) is -3.71. The highest BCUT2D eigenvalue weighted by atomic mass is 35.5. The predicted octanol–water partition coefficient (Wildman–Crippen LogP) is 2.92. The monoisotopic (exact) mass is 324 g/mol. The highest BCUT2D eigenvalue weighted by molar-refractivity contribution is 7.89. The molecule has 0 amide bonds. The molecule has 0 bridgehead atoms. The van der Waals surface area contributed by atoms with Crippen LogP contribution in [0.5, 0.6) is 0 Å². The van der Waals surface area contributed by atoms with Gasteiger partial charge in [-0.2, -0.15) is 0 Å². The Hall–Kier alpha value is -0.330. The van der Waals surface area contributed by atoms with Gasteiger partial charge in [0.15, 0.2) is 0 Å². The number of rotatable bonds is 5. The lowest BCUT2D eigenvalue weighted by molar-refractivity contribution is 0.439. The van der Waals surface area contributed by atoms with Crippen LogP contribution in [0, 0.1) is 0 Å². The summed E-state index contributed by atoms with van der Waals surface area (Å²) >= 11 is 11.9. The van der Waals surface area contributed by atoms with Gasteiger partial charge in [0.1, 0.15) is 4.90 Å². The summed E-state index contributed by atoms with van der Waals surface area (Å²) in [6.07, 6.45) is 0.654. The maximum absolute atomic E-state index is 12.3. The molecule has 0 spiro atoms. The first kappa shape index (κ1) is 16.7. The average Bonchev–Trinajstić information content (AvgIpc) is 2.27. The topological polar surface area (TPSA) is 72.2 Å². The highest BCUT2D eigenvalue weighted by Gasteiger charge is 2.27. The second kappa shape index (κ2) is 5.97. The van der Waals surface area contributed by atoms with Crippen molar-refractivity contribution in [3.63, 3.8) is 0 Å². The molecular weight excluding hydrogens is 307 g/mol. The molecule has 1 aromatic rings. The van der Waals surface area contributed by atoms with Crippen LogP contribution in [-0.4, -0.2) is 14.0 Å². The Bertz CT molecular complexity index is 571. The van der Waals surface area contributed by atoms with Crippen LogP contribution in [0.25, 0.3) is 0 Å². The molecule has 19 heavy (non-hydrogen) atoms. The second-order valence-electron chi connectivity index (χ2n) is 4.92. The molecule has 0 aromatic heterocycles. The molecule has 4 nitrogen and oxygen atoms in total. The summed E-state index contributed by atoms with van der Waals surface area (Å²) in [5, 5.41) is 0.447. The van der Waals surface area contributed by atoms with Crippen LogP contribution in [-0.2, 0) is 16.6 Å². The van der Waals surface area contributed by atoms with Crippen molar-refractivity contribution in [2.45, 2.75) is 44.2 Å². The zero-order chi connectivity index (χ0) is 14.8. The Balaban J connectivity index is 3.29. The quantitative estimate of drug-likeness (QED) is 0.874. The van der Waals surface area contributed by atoms with Gasteiger partial charge in [-0.25, -0.2) is 13.1 Å². The van der Waals surface area contributed by atoms with Crippen molar-refractivity contribution in [1.29, 1.82) is 0 Å². The van der Waals surface area contributed by atoms with Gasteiger partial charge >= 0.3 is 0 Å². The predicted molar refractivity (Wildman–Crippen MR) is 79.0 cm³/mol. The fourth-order valence-electron chi connectivity index (χ4n) is 1.42. The average molecular weight is 325 g/mol. The standard InChI is InChI=1S/C12H18Cl2N2O2S/c1-4-12(2,3)16-19(17,18)11-5-8(7-15)9(13)6-10(11)14/h5-6,16H,4,7,15H2,1-3H3. The first-order chi connectivity index (χ1) is 8.63. The van der Waals surface area contributed by atoms with Crippen molar-refractivity contribution in [2.75, 3.05) is 0 Å². The Kier molecular flexibility index (Phi) is 5.26. The summed E-state index contributed by atoms with van der Waals surface area (Å²) in [5.74, 6) is 0. The molecule has 0 aliphatic rings. The summed E-state index contributed by atoms with van der Waals surface area (Å²) in [5.41, 5.74) is 5.51. The van der Waals surface area contributed by atoms with Gasteiger partial charge in [0, 0.05) is 17.1 Å². The van der Waals surface area contributed by atoms with Gasteiger partial charge in [-0.1, -0.05) is 30.1 Å². The number of benzene rings is 1. The maximum Gasteiger partial charge on any atom is 0.242 e. The van der Waals surface area contributed by atoms with Crippen LogP contribution in [0.4, 0.5) is 0 Å². The number of hydrogen-bond donors (Lipinski definition) is 2. The SMILES string of the molecule is CCC(C)(C)NS(=O)(=O)c1cc(CN)c(Cl)cc1Cl. The molecule has 0 saturated heterocycles. The van der Waals surface area contributed by atoms with E-state index in [0.29, 0.717) is 17.0 Å². The Morgan fingerprint density at radius 3 is 2.32 bits per heavy atom. The van der Waals surface area contributed by atoms with Crippen molar-refractivity contribution in [3.8, 4) is 0 Å². The van der Waals surface area contributed by atoms with Crippen molar-refractivity contribution in [1.82, 2.24) is 4.72 Å². The summed E-state index contributed by atoms with van der Waals surface area (Å²) in [6, 6.07) is 2.82. The largest absolute Gasteiger partial charge is 0.326 e. The van der Waals surface area contributed by atoms with E-state index >= 15 is 0 Å². The van der Waals surface area contributed by atoms with Crippen molar-refractivity contribution >= 4 is 33.2 Å². The number of sulfonamides is 1. The summed E-state index contributed by atoms with van der Waals surface area (Å²) in [4.78, 5) is 0.000502. The van der Waals surface area contributed by atoms with Gasteiger partial charge in [0.05, 0.1) is 5.02 Å². The van der Waals surface area contributed by atoms with E-state index in [0.717, 1.165) is 0 Å². The number of hydrogen-bond acceptors (Lipinski definition) is 3. The van der Waals surface area contributed by atoms with E-state index in [2.05, 4.69) is 4.72 Å². The molecule has 0 radical (unpaired) electrons. The number of nitrogens with two attached hydrogens (primary N) is 1. The molecule has 0 fully saturated rings. The van der Waals surface area contributed by atoms with Gasteiger partial charge in [0.2, 0.25) is 10.0 Å². The molecule has 0 unspecified atom stereocenters. The third kappa shape index (κ3) is 4.07. The highest BCUT2D eigenvalue weighted by Crippen LogP contribution is 2.29. The minimum absolute atomic E-state index is 0.000502. The molecule has 0 heterocycles. The van der Waals surface area contributed by atoms with E-state index < -0.39 is 15.6 Å². The zero-order valence-corrected chi connectivity index (χ0v) is 13.5. The van der Waals surface area contributed by atoms with Gasteiger partial charge in [-0.05, 0) is 38.0 Å². The molecule has 3 N–H and O–H groups in total. The molecule has 0 saturated carbocycles. The Morgan fingerprint density at radius 1 is 1.26 bits per heavy atom. The van der Waals surface area contributed by atoms with Crippen molar-refractivity contribution in [3.05, 3.63) is 27.7 Å². The van der Waals surface area contributed by atoms with Crippen molar-refractivity contribution < 1.29 is 8.42 Å². The Labute approximate surface area is 124 Å². The minimum atomic E-state index is -3.71. The lowest BCUT2D eigenvalue weighted by atomic mass is 10.0. The van der Waals surface area contributed by atoms with Gasteiger partial charge in [-0.3, -0.25) is 0 Å². The first-order valence-electron chi connectivity index (χ1n) is 5.85. The van der Waals surface area contributed by atoms with Crippen LogP contribution in [0.3, 0.4) is 0 Å². The molecule has 1 rings (SSSR count). The minimum Gasteiger partial charge on any atom is -0.326 e. The lowest BCUT2D eigenvalue weighted by Gasteiger charge is -2.24. The third-order valence-corrected chi connectivity index (χ3v) is 5.42. The number of nitrogens with one attached hydrogen (secondary N) is 1. The van der Waals surface area contributed by atoms with Gasteiger partial charge in [0.25, 0.3) is 0 Å². The van der Waals surface area contributed by atoms with Crippen LogP contribution in [0.2, 0.25) is 10.0 Å². The van der Waals surface area contributed by atoms with Gasteiger partial charge in [-0.15, -0.1) is 0 Å². The van der Waals surface area contributed by atoms with E-state index in [9.17, 15) is 8.42 Å². The maximum atomic E-state index is 12.3. The lowest BCUT2D eigenvalue weighted by Crippen LogP contribution is -2.42. The molecule has 1 aromatic carbocycles. The molecule has 0 atom stereocenters. The molecule has 0 aliphatic carbocycles. The van der Waals surface area contributed by atoms with E-state index in [-0.39, 0.29) is 16.5 Å². The molecule has 108 valence electrons. The second-order valence-corrected chi connectivity index (χ2v) is 7.39. The van der Waals surface area contributed by atoms with Crippen molar-refractivity contribution in [2.24, 2.45) is 5.73 Å². The number of halogens is 2. The van der Waals surface area contributed by atoms with E-state index in [1.54, 1.807) is 13.8 Å². The van der Waals surface area contributed by atoms with Crippen LogP contribution in [0.1, 0.15) is 32.8 Å². The third-order valence-electron chi connectivity index (χ3n) is 2.90.